The molecule has 0 radical (unpaired) electrons. The lowest BCUT2D eigenvalue weighted by Gasteiger charge is -2.25. The Bertz CT molecular complexity index is 1490. The number of thiazole rings is 1. The van der Waals surface area contributed by atoms with Crippen molar-refractivity contribution in [2.75, 3.05) is 6.61 Å². The monoisotopic (exact) mass is 530 g/mol. The van der Waals surface area contributed by atoms with Gasteiger partial charge in [0.25, 0.3) is 5.56 Å². The third-order valence-corrected chi connectivity index (χ3v) is 6.80. The molecule has 0 aliphatic carbocycles. The average molecular weight is 531 g/mol. The largest absolute Gasteiger partial charge is 0.493 e. The molecule has 4 rings (SSSR count). The van der Waals surface area contributed by atoms with Crippen molar-refractivity contribution in [2.24, 2.45) is 4.99 Å². The van der Waals surface area contributed by atoms with E-state index in [1.54, 1.807) is 69.3 Å². The predicted molar refractivity (Wildman–Crippen MR) is 139 cm³/mol. The first kappa shape index (κ1) is 25.2. The Morgan fingerprint density at radius 3 is 2.51 bits per heavy atom. The highest BCUT2D eigenvalue weighted by Gasteiger charge is 2.33. The Kier molecular flexibility index (Phi) is 7.50. The number of ether oxygens (including phenoxy) is 2. The van der Waals surface area contributed by atoms with Crippen LogP contribution in [0, 0.1) is 0 Å². The van der Waals surface area contributed by atoms with E-state index in [0.717, 1.165) is 5.56 Å². The molecule has 182 valence electrons. The summed E-state index contributed by atoms with van der Waals surface area (Å²) in [6.07, 6.45) is 1.42. The maximum atomic E-state index is 13.7. The average Bonchev–Trinajstić information content (AvgIpc) is 3.09. The molecule has 0 saturated carbocycles. The van der Waals surface area contributed by atoms with Gasteiger partial charge < -0.3 is 9.47 Å². The van der Waals surface area contributed by atoms with Crippen molar-refractivity contribution in [3.63, 3.8) is 0 Å². The van der Waals surface area contributed by atoms with Crippen LogP contribution in [0.5, 0.6) is 5.75 Å². The Morgan fingerprint density at radius 1 is 1.17 bits per heavy atom. The highest BCUT2D eigenvalue weighted by Crippen LogP contribution is 2.31. The molecule has 1 aliphatic heterocycles. The number of allylic oxidation sites excluding steroid dienone is 1. The SMILES string of the molecule is CCOc1ccc(Cl)cc1/C=c1\sc2n(c1=O)[C@H](c1ccc(Cl)cc1)C(C(=O)OC(C)C)=C(C)N=2. The molecule has 2 heterocycles. The summed E-state index contributed by atoms with van der Waals surface area (Å²) in [7, 11) is 0. The van der Waals surface area contributed by atoms with Crippen LogP contribution in [-0.4, -0.2) is 23.2 Å². The van der Waals surface area contributed by atoms with Crippen molar-refractivity contribution in [2.45, 2.75) is 39.8 Å². The van der Waals surface area contributed by atoms with E-state index in [0.29, 0.717) is 48.6 Å². The number of hydrogen-bond acceptors (Lipinski definition) is 6. The number of hydrogen-bond donors (Lipinski definition) is 0. The first-order chi connectivity index (χ1) is 16.7. The Hall–Kier alpha value is -2.87. The second-order valence-corrected chi connectivity index (χ2v) is 10.1. The van der Waals surface area contributed by atoms with Crippen LogP contribution in [0.2, 0.25) is 10.0 Å². The zero-order chi connectivity index (χ0) is 25.3. The quantitative estimate of drug-likeness (QED) is 0.425. The molecule has 0 spiro atoms. The van der Waals surface area contributed by atoms with Crippen LogP contribution in [0.15, 0.2) is 63.5 Å². The highest BCUT2D eigenvalue weighted by molar-refractivity contribution is 7.07. The Balaban J connectivity index is 1.95. The summed E-state index contributed by atoms with van der Waals surface area (Å²) in [4.78, 5) is 31.9. The topological polar surface area (TPSA) is 69.9 Å². The molecule has 1 atom stereocenters. The lowest BCUT2D eigenvalue weighted by molar-refractivity contribution is -0.143. The number of nitrogens with zero attached hydrogens (tertiary/aromatic N) is 2. The number of carbonyl (C=O) groups excluding carboxylic acids is 1. The minimum atomic E-state index is -0.706. The van der Waals surface area contributed by atoms with Gasteiger partial charge in [0.15, 0.2) is 4.80 Å². The summed E-state index contributed by atoms with van der Waals surface area (Å²) in [6.45, 7) is 7.67. The molecule has 35 heavy (non-hydrogen) atoms. The molecule has 0 unspecified atom stereocenters. The maximum Gasteiger partial charge on any atom is 0.338 e. The summed E-state index contributed by atoms with van der Waals surface area (Å²) in [6, 6.07) is 11.6. The van der Waals surface area contributed by atoms with E-state index in [2.05, 4.69) is 4.99 Å². The van der Waals surface area contributed by atoms with Crippen LogP contribution < -0.4 is 19.6 Å². The summed E-state index contributed by atoms with van der Waals surface area (Å²) in [5.74, 6) is 0.110. The van der Waals surface area contributed by atoms with Gasteiger partial charge in [-0.05, 0) is 69.7 Å². The third-order valence-electron chi connectivity index (χ3n) is 5.33. The number of aromatic nitrogens is 1. The molecule has 0 fully saturated rings. The van der Waals surface area contributed by atoms with Crippen molar-refractivity contribution < 1.29 is 14.3 Å². The molecule has 0 bridgehead atoms. The smallest absolute Gasteiger partial charge is 0.338 e. The lowest BCUT2D eigenvalue weighted by Crippen LogP contribution is -2.40. The predicted octanol–water partition coefficient (Wildman–Crippen LogP) is 4.89. The summed E-state index contributed by atoms with van der Waals surface area (Å²) in [5, 5.41) is 1.08. The fraction of sp³-hybridized carbons (Fsp3) is 0.269. The van der Waals surface area contributed by atoms with E-state index in [1.807, 2.05) is 6.92 Å². The fourth-order valence-corrected chi connectivity index (χ4v) is 5.23. The summed E-state index contributed by atoms with van der Waals surface area (Å²) in [5.41, 5.74) is 1.95. The number of esters is 1. The summed E-state index contributed by atoms with van der Waals surface area (Å²) >= 11 is 13.6. The van der Waals surface area contributed by atoms with E-state index in [9.17, 15) is 9.59 Å². The normalized spacial score (nSPS) is 15.7. The van der Waals surface area contributed by atoms with Gasteiger partial charge in [0, 0.05) is 15.6 Å². The first-order valence-corrected chi connectivity index (χ1v) is 12.7. The van der Waals surface area contributed by atoms with Crippen LogP contribution in [0.4, 0.5) is 0 Å². The second kappa shape index (κ2) is 10.4. The van der Waals surface area contributed by atoms with Crippen LogP contribution in [0.1, 0.15) is 44.9 Å². The van der Waals surface area contributed by atoms with Crippen molar-refractivity contribution in [1.82, 2.24) is 4.57 Å². The standard InChI is InChI=1S/C26H24Cl2N2O4S/c1-5-33-20-11-10-19(28)12-17(20)13-21-24(31)30-23(16-6-8-18(27)9-7-16)22(25(32)34-14(2)3)15(4)29-26(30)35-21/h6-14,23H,5H2,1-4H3/b21-13-/t23-/m1/s1. The van der Waals surface area contributed by atoms with Gasteiger partial charge >= 0.3 is 5.97 Å². The molecule has 6 nitrogen and oxygen atoms in total. The minimum absolute atomic E-state index is 0.279. The number of halogens is 2. The van der Waals surface area contributed by atoms with E-state index in [1.165, 1.54) is 15.9 Å². The first-order valence-electron chi connectivity index (χ1n) is 11.1. The molecular formula is C26H24Cl2N2O4S. The molecule has 1 aliphatic rings. The number of rotatable bonds is 6. The zero-order valence-corrected chi connectivity index (χ0v) is 22.0. The number of carbonyl (C=O) groups is 1. The summed E-state index contributed by atoms with van der Waals surface area (Å²) < 4.78 is 13.2. The van der Waals surface area contributed by atoms with Gasteiger partial charge in [0.1, 0.15) is 5.75 Å². The second-order valence-electron chi connectivity index (χ2n) is 8.20. The molecule has 3 aromatic rings. The van der Waals surface area contributed by atoms with Gasteiger partial charge in [-0.3, -0.25) is 9.36 Å². The van der Waals surface area contributed by atoms with Gasteiger partial charge in [0.2, 0.25) is 0 Å². The molecule has 2 aromatic carbocycles. The van der Waals surface area contributed by atoms with Crippen LogP contribution in [-0.2, 0) is 9.53 Å². The van der Waals surface area contributed by atoms with Gasteiger partial charge in [-0.2, -0.15) is 0 Å². The van der Waals surface area contributed by atoms with Crippen molar-refractivity contribution in [3.8, 4) is 5.75 Å². The van der Waals surface area contributed by atoms with Crippen LogP contribution in [0.3, 0.4) is 0 Å². The zero-order valence-electron chi connectivity index (χ0n) is 19.7. The van der Waals surface area contributed by atoms with Gasteiger partial charge in [-0.1, -0.05) is 46.7 Å². The van der Waals surface area contributed by atoms with Gasteiger partial charge in [-0.15, -0.1) is 0 Å². The van der Waals surface area contributed by atoms with Gasteiger partial charge in [0.05, 0.1) is 34.6 Å². The molecular weight excluding hydrogens is 507 g/mol. The lowest BCUT2D eigenvalue weighted by atomic mass is 9.96. The third kappa shape index (κ3) is 5.22. The van der Waals surface area contributed by atoms with Crippen molar-refractivity contribution in [1.29, 1.82) is 0 Å². The molecule has 0 N–H and O–H groups in total. The van der Waals surface area contributed by atoms with E-state index < -0.39 is 12.0 Å². The van der Waals surface area contributed by atoms with Crippen LogP contribution in [0.25, 0.3) is 6.08 Å². The van der Waals surface area contributed by atoms with E-state index >= 15 is 0 Å². The molecule has 9 heteroatoms. The number of fused-ring (bicyclic) bond motifs is 1. The van der Waals surface area contributed by atoms with Gasteiger partial charge in [-0.25, -0.2) is 9.79 Å². The maximum absolute atomic E-state index is 13.7. The van der Waals surface area contributed by atoms with E-state index in [4.69, 9.17) is 32.7 Å². The van der Waals surface area contributed by atoms with Crippen LogP contribution >= 0.6 is 34.5 Å². The highest BCUT2D eigenvalue weighted by atomic mass is 35.5. The van der Waals surface area contributed by atoms with Crippen molar-refractivity contribution in [3.05, 3.63) is 94.6 Å². The minimum Gasteiger partial charge on any atom is -0.493 e. The van der Waals surface area contributed by atoms with Crippen molar-refractivity contribution >= 4 is 46.6 Å². The molecule has 0 saturated heterocycles. The Labute approximate surface area is 216 Å². The van der Waals surface area contributed by atoms with E-state index in [-0.39, 0.29) is 11.7 Å². The Morgan fingerprint density at radius 2 is 1.86 bits per heavy atom. The number of benzene rings is 2. The molecule has 0 amide bonds. The molecule has 1 aromatic heterocycles. The fourth-order valence-electron chi connectivity index (χ4n) is 3.88.